The number of hydrogen-bond acceptors (Lipinski definition) is 5. The molecule has 2 heterocycles. The number of methoxy groups -OCH3 is 1. The molecule has 1 aliphatic rings. The van der Waals surface area contributed by atoms with Gasteiger partial charge in [-0.05, 0) is 31.5 Å². The van der Waals surface area contributed by atoms with E-state index in [9.17, 15) is 13.6 Å². The van der Waals surface area contributed by atoms with Gasteiger partial charge < -0.3 is 14.5 Å². The maximum absolute atomic E-state index is 14.4. The smallest absolute Gasteiger partial charge is 0.257 e. The van der Waals surface area contributed by atoms with E-state index in [1.807, 2.05) is 13.0 Å². The number of halogens is 2. The number of hydrogen-bond donors (Lipinski definition) is 0. The number of amides is 1. The lowest BCUT2D eigenvalue weighted by atomic mass is 10.1. The van der Waals surface area contributed by atoms with E-state index >= 15 is 0 Å². The van der Waals surface area contributed by atoms with Crippen molar-refractivity contribution in [2.75, 3.05) is 38.2 Å². The molecule has 138 valence electrons. The molecule has 0 spiro atoms. The number of benzene rings is 1. The number of aromatic nitrogens is 2. The first-order valence-corrected chi connectivity index (χ1v) is 8.37. The molecular weight excluding hydrogens is 342 g/mol. The first-order chi connectivity index (χ1) is 12.5. The van der Waals surface area contributed by atoms with Crippen LogP contribution in [-0.2, 0) is 0 Å². The summed E-state index contributed by atoms with van der Waals surface area (Å²) >= 11 is 0. The number of carbonyl (C=O) groups excluding carboxylic acids is 1. The number of aryl methyl sites for hydroxylation is 1. The van der Waals surface area contributed by atoms with Crippen LogP contribution in [0.2, 0.25) is 0 Å². The average molecular weight is 362 g/mol. The van der Waals surface area contributed by atoms with E-state index < -0.39 is 23.3 Å². The Morgan fingerprint density at radius 3 is 2.69 bits per heavy atom. The second-order valence-corrected chi connectivity index (χ2v) is 6.04. The van der Waals surface area contributed by atoms with Gasteiger partial charge in [0.2, 0.25) is 0 Å². The van der Waals surface area contributed by atoms with Gasteiger partial charge in [-0.2, -0.15) is 0 Å². The van der Waals surface area contributed by atoms with Crippen molar-refractivity contribution in [2.24, 2.45) is 0 Å². The van der Waals surface area contributed by atoms with E-state index in [-0.39, 0.29) is 5.56 Å². The summed E-state index contributed by atoms with van der Waals surface area (Å²) in [4.78, 5) is 24.9. The van der Waals surface area contributed by atoms with Crippen molar-refractivity contribution in [1.82, 2.24) is 14.9 Å². The van der Waals surface area contributed by atoms with Crippen LogP contribution in [0.3, 0.4) is 0 Å². The Morgan fingerprint density at radius 2 is 1.96 bits per heavy atom. The van der Waals surface area contributed by atoms with Gasteiger partial charge in [0, 0.05) is 32.4 Å². The van der Waals surface area contributed by atoms with Gasteiger partial charge in [-0.3, -0.25) is 4.79 Å². The van der Waals surface area contributed by atoms with Crippen molar-refractivity contribution in [2.45, 2.75) is 13.3 Å². The second kappa shape index (κ2) is 7.63. The summed E-state index contributed by atoms with van der Waals surface area (Å²) in [6.07, 6.45) is 2.42. The molecule has 1 aliphatic heterocycles. The Balaban J connectivity index is 1.76. The summed E-state index contributed by atoms with van der Waals surface area (Å²) in [7, 11) is 1.17. The van der Waals surface area contributed by atoms with Crippen LogP contribution in [0, 0.1) is 18.6 Å². The molecule has 3 rings (SSSR count). The molecule has 0 radical (unpaired) electrons. The molecule has 1 fully saturated rings. The zero-order chi connectivity index (χ0) is 18.7. The van der Waals surface area contributed by atoms with E-state index in [1.165, 1.54) is 7.11 Å². The fourth-order valence-electron chi connectivity index (χ4n) is 3.02. The van der Waals surface area contributed by atoms with E-state index in [0.29, 0.717) is 25.5 Å². The molecule has 26 heavy (non-hydrogen) atoms. The van der Waals surface area contributed by atoms with Gasteiger partial charge in [-0.1, -0.05) is 0 Å². The lowest BCUT2D eigenvalue weighted by Gasteiger charge is -2.23. The average Bonchev–Trinajstić information content (AvgIpc) is 2.88. The summed E-state index contributed by atoms with van der Waals surface area (Å²) in [5, 5.41) is 0. The molecular formula is C18H20F2N4O2. The summed E-state index contributed by atoms with van der Waals surface area (Å²) in [5.41, 5.74) is -0.186. The number of nitrogens with zero attached hydrogens (tertiary/aromatic N) is 4. The fourth-order valence-corrected chi connectivity index (χ4v) is 3.02. The van der Waals surface area contributed by atoms with Gasteiger partial charge in [-0.25, -0.2) is 18.7 Å². The first-order valence-electron chi connectivity index (χ1n) is 8.37. The molecule has 1 aromatic heterocycles. The maximum Gasteiger partial charge on any atom is 0.257 e. The second-order valence-electron chi connectivity index (χ2n) is 6.04. The van der Waals surface area contributed by atoms with Gasteiger partial charge >= 0.3 is 0 Å². The van der Waals surface area contributed by atoms with Crippen molar-refractivity contribution < 1.29 is 18.3 Å². The highest BCUT2D eigenvalue weighted by Gasteiger charge is 2.25. The minimum absolute atomic E-state index is 0.186. The number of rotatable bonds is 3. The zero-order valence-corrected chi connectivity index (χ0v) is 14.7. The van der Waals surface area contributed by atoms with Crippen LogP contribution in [0.1, 0.15) is 22.6 Å². The van der Waals surface area contributed by atoms with Gasteiger partial charge in [-0.15, -0.1) is 0 Å². The van der Waals surface area contributed by atoms with Crippen LogP contribution >= 0.6 is 0 Å². The third-order valence-corrected chi connectivity index (χ3v) is 4.35. The van der Waals surface area contributed by atoms with E-state index in [2.05, 4.69) is 14.9 Å². The van der Waals surface area contributed by atoms with Crippen molar-refractivity contribution in [3.63, 3.8) is 0 Å². The van der Waals surface area contributed by atoms with E-state index in [0.717, 1.165) is 30.9 Å². The first kappa shape index (κ1) is 18.0. The van der Waals surface area contributed by atoms with Crippen LogP contribution in [0.4, 0.5) is 14.6 Å². The fraction of sp³-hybridized carbons (Fsp3) is 0.389. The number of anilines is 1. The minimum Gasteiger partial charge on any atom is -0.491 e. The Bertz CT molecular complexity index is 816. The largest absolute Gasteiger partial charge is 0.491 e. The van der Waals surface area contributed by atoms with Crippen LogP contribution in [0.5, 0.6) is 5.75 Å². The molecule has 1 amide bonds. The lowest BCUT2D eigenvalue weighted by Crippen LogP contribution is -2.36. The van der Waals surface area contributed by atoms with Crippen LogP contribution < -0.4 is 9.64 Å². The number of carbonyl (C=O) groups is 1. The summed E-state index contributed by atoms with van der Waals surface area (Å²) < 4.78 is 32.7. The highest BCUT2D eigenvalue weighted by atomic mass is 19.1. The summed E-state index contributed by atoms with van der Waals surface area (Å²) in [6.45, 7) is 4.03. The molecule has 6 nitrogen and oxygen atoms in total. The zero-order valence-electron chi connectivity index (χ0n) is 14.7. The monoisotopic (exact) mass is 362 g/mol. The highest BCUT2D eigenvalue weighted by Crippen LogP contribution is 2.25. The Labute approximate surface area is 150 Å². The van der Waals surface area contributed by atoms with Gasteiger partial charge in [0.05, 0.1) is 12.7 Å². The normalized spacial score (nSPS) is 14.9. The van der Waals surface area contributed by atoms with Gasteiger partial charge in [0.15, 0.2) is 17.4 Å². The maximum atomic E-state index is 14.4. The number of ether oxygens (including phenoxy) is 1. The van der Waals surface area contributed by atoms with Crippen LogP contribution in [0.25, 0.3) is 0 Å². The highest BCUT2D eigenvalue weighted by molar-refractivity contribution is 5.95. The third kappa shape index (κ3) is 3.58. The van der Waals surface area contributed by atoms with Gasteiger partial charge in [0.1, 0.15) is 11.6 Å². The van der Waals surface area contributed by atoms with Crippen molar-refractivity contribution in [1.29, 1.82) is 0 Å². The van der Waals surface area contributed by atoms with Gasteiger partial charge in [0.25, 0.3) is 5.91 Å². The molecule has 1 saturated heterocycles. The van der Waals surface area contributed by atoms with E-state index in [1.54, 1.807) is 11.1 Å². The topological polar surface area (TPSA) is 58.6 Å². The molecule has 0 bridgehead atoms. The van der Waals surface area contributed by atoms with Crippen molar-refractivity contribution in [3.05, 3.63) is 47.4 Å². The van der Waals surface area contributed by atoms with Crippen LogP contribution in [0.15, 0.2) is 24.4 Å². The molecule has 2 aromatic rings. The lowest BCUT2D eigenvalue weighted by molar-refractivity contribution is 0.0761. The summed E-state index contributed by atoms with van der Waals surface area (Å²) in [6, 6.07) is 4.03. The quantitative estimate of drug-likeness (QED) is 0.839. The molecule has 8 heteroatoms. The molecule has 1 aromatic carbocycles. The molecule has 0 aliphatic carbocycles. The van der Waals surface area contributed by atoms with Crippen molar-refractivity contribution in [3.8, 4) is 5.75 Å². The molecule has 0 atom stereocenters. The molecule has 0 saturated carbocycles. The minimum atomic E-state index is -0.968. The SMILES string of the molecule is COc1c(F)ccc(C(=O)N2CCCN(c3ccnc(C)n3)CC2)c1F. The van der Waals surface area contributed by atoms with Crippen LogP contribution in [-0.4, -0.2) is 54.1 Å². The van der Waals surface area contributed by atoms with E-state index in [4.69, 9.17) is 4.74 Å². The predicted molar refractivity (Wildman–Crippen MR) is 92.4 cm³/mol. The standard InChI is InChI=1S/C18H20F2N4O2/c1-12-21-7-6-15(22-12)23-8-3-9-24(11-10-23)18(25)13-4-5-14(19)17(26-2)16(13)20/h4-7H,3,8-11H2,1-2H3. The predicted octanol–water partition coefficient (Wildman–Crippen LogP) is 2.42. The Hall–Kier alpha value is -2.77. The molecule has 0 N–H and O–H groups in total. The third-order valence-electron chi connectivity index (χ3n) is 4.35. The summed E-state index contributed by atoms with van der Waals surface area (Å²) in [5.74, 6) is -1.32. The molecule has 0 unspecified atom stereocenters. The Morgan fingerprint density at radius 1 is 1.15 bits per heavy atom. The Kier molecular flexibility index (Phi) is 5.29. The van der Waals surface area contributed by atoms with Crippen molar-refractivity contribution >= 4 is 11.7 Å².